The number of aromatic nitrogens is 2. The van der Waals surface area contributed by atoms with Gasteiger partial charge in [0.15, 0.2) is 0 Å². The fourth-order valence-electron chi connectivity index (χ4n) is 1.21. The van der Waals surface area contributed by atoms with Gasteiger partial charge in [0.25, 0.3) is 0 Å². The van der Waals surface area contributed by atoms with Crippen molar-refractivity contribution in [1.29, 1.82) is 0 Å². The van der Waals surface area contributed by atoms with Crippen LogP contribution in [0.2, 0.25) is 0 Å². The zero-order chi connectivity index (χ0) is 12.1. The fraction of sp³-hybridized carbons (Fsp3) is 0. The summed E-state index contributed by atoms with van der Waals surface area (Å²) in [6, 6.07) is 4.00. The smallest absolute Gasteiger partial charge is 0.308 e. The number of carbonyl (C=O) groups is 1. The van der Waals surface area contributed by atoms with E-state index in [4.69, 9.17) is 0 Å². The Kier molecular flexibility index (Phi) is 3.25. The van der Waals surface area contributed by atoms with Gasteiger partial charge in [-0.25, -0.2) is 9.18 Å². The predicted octanol–water partition coefficient (Wildman–Crippen LogP) is 2.26. The average Bonchev–Trinajstić information content (AvgIpc) is 2.30. The molecule has 5 nitrogen and oxygen atoms in total. The normalized spacial score (nSPS) is 9.71. The molecule has 0 aliphatic heterocycles. The van der Waals surface area contributed by atoms with Gasteiger partial charge in [0, 0.05) is 24.1 Å². The van der Waals surface area contributed by atoms with Gasteiger partial charge in [-0.3, -0.25) is 9.97 Å². The zero-order valence-corrected chi connectivity index (χ0v) is 8.72. The molecule has 0 unspecified atom stereocenters. The van der Waals surface area contributed by atoms with Crippen LogP contribution in [0, 0.1) is 5.82 Å². The van der Waals surface area contributed by atoms with Gasteiger partial charge in [-0.2, -0.15) is 0 Å². The van der Waals surface area contributed by atoms with Gasteiger partial charge in [-0.1, -0.05) is 0 Å². The second kappa shape index (κ2) is 5.02. The average molecular weight is 232 g/mol. The van der Waals surface area contributed by atoms with Crippen LogP contribution in [-0.4, -0.2) is 16.0 Å². The third-order valence-corrected chi connectivity index (χ3v) is 1.90. The maximum atomic E-state index is 12.8. The lowest BCUT2D eigenvalue weighted by Crippen LogP contribution is -2.19. The molecule has 2 aromatic rings. The van der Waals surface area contributed by atoms with E-state index in [2.05, 4.69) is 20.6 Å². The van der Waals surface area contributed by atoms with Crippen molar-refractivity contribution in [3.05, 3.63) is 48.8 Å². The molecule has 2 aromatic heterocycles. The quantitative estimate of drug-likeness (QED) is 0.834. The number of hydrogen-bond acceptors (Lipinski definition) is 3. The minimum absolute atomic E-state index is 0.288. The molecule has 0 saturated heterocycles. The molecule has 0 aliphatic rings. The van der Waals surface area contributed by atoms with Crippen LogP contribution in [0.15, 0.2) is 43.0 Å². The number of halogens is 1. The first-order valence-electron chi connectivity index (χ1n) is 4.82. The molecule has 2 amide bonds. The Hall–Kier alpha value is -2.50. The Morgan fingerprint density at radius 1 is 1.06 bits per heavy atom. The van der Waals surface area contributed by atoms with E-state index >= 15 is 0 Å². The van der Waals surface area contributed by atoms with Crippen LogP contribution < -0.4 is 10.6 Å². The molecule has 2 N–H and O–H groups in total. The first kappa shape index (κ1) is 11.0. The van der Waals surface area contributed by atoms with E-state index in [-0.39, 0.29) is 5.69 Å². The molecule has 0 radical (unpaired) electrons. The molecule has 0 atom stereocenters. The lowest BCUT2D eigenvalue weighted by molar-refractivity contribution is 0.262. The van der Waals surface area contributed by atoms with E-state index in [9.17, 15) is 9.18 Å². The number of anilines is 2. The summed E-state index contributed by atoms with van der Waals surface area (Å²) >= 11 is 0. The van der Waals surface area contributed by atoms with Crippen LogP contribution in [0.4, 0.5) is 20.6 Å². The number of nitrogens with zero attached hydrogens (tertiary/aromatic N) is 2. The van der Waals surface area contributed by atoms with Crippen LogP contribution in [0.25, 0.3) is 0 Å². The van der Waals surface area contributed by atoms with Crippen molar-refractivity contribution in [1.82, 2.24) is 9.97 Å². The summed E-state index contributed by atoms with van der Waals surface area (Å²) in [7, 11) is 0. The summed E-state index contributed by atoms with van der Waals surface area (Å²) in [5, 5.41) is 5.03. The number of hydrogen-bond donors (Lipinski definition) is 2. The van der Waals surface area contributed by atoms with Crippen LogP contribution >= 0.6 is 0 Å². The third kappa shape index (κ3) is 3.23. The van der Waals surface area contributed by atoms with Crippen molar-refractivity contribution in [3.8, 4) is 0 Å². The minimum Gasteiger partial charge on any atom is -0.308 e. The van der Waals surface area contributed by atoms with Crippen molar-refractivity contribution in [2.24, 2.45) is 0 Å². The summed E-state index contributed by atoms with van der Waals surface area (Å²) in [5.74, 6) is -0.508. The second-order valence-corrected chi connectivity index (χ2v) is 3.21. The highest BCUT2D eigenvalue weighted by atomic mass is 19.1. The SMILES string of the molecule is O=C(Nc1ccncc1)Nc1cncc(F)c1. The Balaban J connectivity index is 1.98. The maximum absolute atomic E-state index is 12.8. The molecule has 0 aliphatic carbocycles. The number of rotatable bonds is 2. The molecule has 0 fully saturated rings. The highest BCUT2D eigenvalue weighted by molar-refractivity contribution is 5.99. The third-order valence-electron chi connectivity index (χ3n) is 1.90. The van der Waals surface area contributed by atoms with Crippen LogP contribution in [0.5, 0.6) is 0 Å². The summed E-state index contributed by atoms with van der Waals surface area (Å²) < 4.78 is 12.8. The van der Waals surface area contributed by atoms with Gasteiger partial charge in [0.2, 0.25) is 0 Å². The molecular weight excluding hydrogens is 223 g/mol. The number of carbonyl (C=O) groups excluding carboxylic acids is 1. The molecule has 0 bridgehead atoms. The number of urea groups is 1. The zero-order valence-electron chi connectivity index (χ0n) is 8.72. The van der Waals surface area contributed by atoms with Gasteiger partial charge in [-0.15, -0.1) is 0 Å². The predicted molar refractivity (Wildman–Crippen MR) is 61.1 cm³/mol. The minimum atomic E-state index is -0.508. The van der Waals surface area contributed by atoms with E-state index in [0.29, 0.717) is 5.69 Å². The first-order valence-corrected chi connectivity index (χ1v) is 4.82. The van der Waals surface area contributed by atoms with E-state index < -0.39 is 11.8 Å². The summed E-state index contributed by atoms with van der Waals surface area (Å²) in [6.45, 7) is 0. The number of nitrogens with one attached hydrogen (secondary N) is 2. The number of pyridine rings is 2. The first-order chi connectivity index (χ1) is 8.24. The molecule has 0 saturated carbocycles. The summed E-state index contributed by atoms with van der Waals surface area (Å²) in [4.78, 5) is 18.9. The standard InChI is InChI=1S/C11H9FN4O/c12-8-5-10(7-14-6-8)16-11(17)15-9-1-3-13-4-2-9/h1-7H,(H2,13,15,16,17). The van der Waals surface area contributed by atoms with Gasteiger partial charge in [0.1, 0.15) is 5.82 Å². The Labute approximate surface area is 96.7 Å². The Bertz CT molecular complexity index is 518. The lowest BCUT2D eigenvalue weighted by Gasteiger charge is -2.06. The van der Waals surface area contributed by atoms with Crippen molar-refractivity contribution < 1.29 is 9.18 Å². The van der Waals surface area contributed by atoms with Crippen LogP contribution in [0.3, 0.4) is 0 Å². The van der Waals surface area contributed by atoms with Crippen molar-refractivity contribution in [3.63, 3.8) is 0 Å². The van der Waals surface area contributed by atoms with Crippen molar-refractivity contribution in [2.45, 2.75) is 0 Å². The largest absolute Gasteiger partial charge is 0.323 e. The molecule has 86 valence electrons. The van der Waals surface area contributed by atoms with Crippen molar-refractivity contribution >= 4 is 17.4 Å². The fourth-order valence-corrected chi connectivity index (χ4v) is 1.21. The van der Waals surface area contributed by atoms with Gasteiger partial charge >= 0.3 is 6.03 Å². The molecule has 6 heteroatoms. The highest BCUT2D eigenvalue weighted by Gasteiger charge is 2.03. The molecule has 2 rings (SSSR count). The van der Waals surface area contributed by atoms with E-state index in [1.165, 1.54) is 12.3 Å². The molecular formula is C11H9FN4O. The van der Waals surface area contributed by atoms with E-state index in [1.54, 1.807) is 24.5 Å². The van der Waals surface area contributed by atoms with Gasteiger partial charge in [-0.05, 0) is 12.1 Å². The Morgan fingerprint density at radius 3 is 2.47 bits per heavy atom. The van der Waals surface area contributed by atoms with Crippen molar-refractivity contribution in [2.75, 3.05) is 10.6 Å². The summed E-state index contributed by atoms with van der Waals surface area (Å²) in [6.07, 6.45) is 5.53. The molecule has 17 heavy (non-hydrogen) atoms. The van der Waals surface area contributed by atoms with Crippen LogP contribution in [0.1, 0.15) is 0 Å². The second-order valence-electron chi connectivity index (χ2n) is 3.21. The van der Waals surface area contributed by atoms with Gasteiger partial charge in [0.05, 0.1) is 18.1 Å². The topological polar surface area (TPSA) is 66.9 Å². The van der Waals surface area contributed by atoms with Crippen LogP contribution in [-0.2, 0) is 0 Å². The molecule has 2 heterocycles. The Morgan fingerprint density at radius 2 is 1.76 bits per heavy atom. The molecule has 0 spiro atoms. The lowest BCUT2D eigenvalue weighted by atomic mass is 10.4. The summed E-state index contributed by atoms with van der Waals surface area (Å²) in [5.41, 5.74) is 0.887. The van der Waals surface area contributed by atoms with E-state index in [1.807, 2.05) is 0 Å². The van der Waals surface area contributed by atoms with Gasteiger partial charge < -0.3 is 10.6 Å². The number of amides is 2. The molecule has 0 aromatic carbocycles. The highest BCUT2D eigenvalue weighted by Crippen LogP contribution is 2.08. The monoisotopic (exact) mass is 232 g/mol. The van der Waals surface area contributed by atoms with E-state index in [0.717, 1.165) is 6.20 Å². The maximum Gasteiger partial charge on any atom is 0.323 e.